The Labute approximate surface area is 79.5 Å². The molecule has 0 amide bonds. The molecule has 0 aromatic heterocycles. The lowest BCUT2D eigenvalue weighted by Gasteiger charge is -2.00. The van der Waals surface area contributed by atoms with E-state index in [-0.39, 0.29) is 15.5 Å². The minimum atomic E-state index is -2.23. The van der Waals surface area contributed by atoms with Crippen LogP contribution in [-0.4, -0.2) is 17.5 Å². The van der Waals surface area contributed by atoms with Gasteiger partial charge in [-0.2, -0.15) is 0 Å². The molecule has 0 aliphatic heterocycles. The van der Waals surface area contributed by atoms with Crippen LogP contribution in [0, 0.1) is 0 Å². The molecule has 0 saturated heterocycles. The van der Waals surface area contributed by atoms with Crippen LogP contribution in [0.25, 0.3) is 0 Å². The van der Waals surface area contributed by atoms with Crippen molar-refractivity contribution in [2.45, 2.75) is 9.79 Å². The molecule has 0 aliphatic carbocycles. The Morgan fingerprint density at radius 2 is 1.77 bits per heavy atom. The molecule has 2 unspecified atom stereocenters. The number of hydrogen-bond donors (Lipinski definition) is 2. The molecule has 0 bridgehead atoms. The highest BCUT2D eigenvalue weighted by molar-refractivity contribution is 7.79. The lowest BCUT2D eigenvalue weighted by Crippen LogP contribution is -1.94. The van der Waals surface area contributed by atoms with Crippen LogP contribution in [-0.2, 0) is 22.2 Å². The van der Waals surface area contributed by atoms with Crippen LogP contribution in [0.15, 0.2) is 28.0 Å². The SMILES string of the molecule is [NH]c1cc(S(=O)O)ccc1S(=O)O. The minimum absolute atomic E-state index is 0.0409. The molecule has 3 N–H and O–H groups in total. The maximum Gasteiger partial charge on any atom is 0.188 e. The third kappa shape index (κ3) is 2.34. The van der Waals surface area contributed by atoms with Crippen molar-refractivity contribution in [1.82, 2.24) is 5.73 Å². The molecular weight excluding hydrogens is 214 g/mol. The van der Waals surface area contributed by atoms with Gasteiger partial charge in [-0.15, -0.1) is 0 Å². The predicted octanol–water partition coefficient (Wildman–Crippen LogP) is 0.762. The van der Waals surface area contributed by atoms with Crippen LogP contribution in [0.3, 0.4) is 0 Å². The molecule has 71 valence electrons. The molecule has 0 spiro atoms. The Kier molecular flexibility index (Phi) is 3.15. The summed E-state index contributed by atoms with van der Waals surface area (Å²) in [5.41, 5.74) is 7.02. The van der Waals surface area contributed by atoms with Crippen molar-refractivity contribution < 1.29 is 17.5 Å². The van der Waals surface area contributed by atoms with E-state index in [0.29, 0.717) is 0 Å². The lowest BCUT2D eigenvalue weighted by molar-refractivity contribution is 0.560. The highest BCUT2D eigenvalue weighted by Crippen LogP contribution is 2.19. The minimum Gasteiger partial charge on any atom is -0.302 e. The molecule has 2 atom stereocenters. The van der Waals surface area contributed by atoms with Crippen molar-refractivity contribution in [3.63, 3.8) is 0 Å². The summed E-state index contributed by atoms with van der Waals surface area (Å²) >= 11 is -4.39. The number of benzene rings is 1. The van der Waals surface area contributed by atoms with E-state index in [1.807, 2.05) is 0 Å². The van der Waals surface area contributed by atoms with E-state index in [2.05, 4.69) is 0 Å². The summed E-state index contributed by atoms with van der Waals surface area (Å²) in [6, 6.07) is 3.50. The first kappa shape index (κ1) is 10.3. The van der Waals surface area contributed by atoms with Gasteiger partial charge in [0.25, 0.3) is 0 Å². The van der Waals surface area contributed by atoms with Crippen LogP contribution < -0.4 is 5.73 Å². The predicted molar refractivity (Wildman–Crippen MR) is 47.3 cm³/mol. The van der Waals surface area contributed by atoms with Gasteiger partial charge < -0.3 is 9.11 Å². The fourth-order valence-electron chi connectivity index (χ4n) is 0.770. The maximum atomic E-state index is 10.6. The first-order valence-electron chi connectivity index (χ1n) is 3.09. The van der Waals surface area contributed by atoms with Crippen LogP contribution >= 0.6 is 0 Å². The first-order chi connectivity index (χ1) is 6.02. The largest absolute Gasteiger partial charge is 0.302 e. The van der Waals surface area contributed by atoms with Gasteiger partial charge in [0.05, 0.1) is 15.5 Å². The Hall–Kier alpha value is -0.760. The molecule has 0 fully saturated rings. The van der Waals surface area contributed by atoms with Crippen molar-refractivity contribution in [1.29, 1.82) is 0 Å². The quantitative estimate of drug-likeness (QED) is 0.719. The van der Waals surface area contributed by atoms with E-state index in [4.69, 9.17) is 14.8 Å². The average Bonchev–Trinajstić information content (AvgIpc) is 2.03. The Bertz CT molecular complexity index is 379. The normalized spacial score (nSPS) is 15.2. The number of nitrogens with one attached hydrogen (secondary N) is 1. The smallest absolute Gasteiger partial charge is 0.188 e. The highest BCUT2D eigenvalue weighted by Gasteiger charge is 2.08. The third-order valence-electron chi connectivity index (χ3n) is 1.34. The fourth-order valence-corrected chi connectivity index (χ4v) is 1.60. The van der Waals surface area contributed by atoms with E-state index >= 15 is 0 Å². The number of hydrogen-bond acceptors (Lipinski definition) is 2. The van der Waals surface area contributed by atoms with Gasteiger partial charge in [0, 0.05) is 0 Å². The molecule has 0 heterocycles. The molecule has 0 aliphatic rings. The van der Waals surface area contributed by atoms with Crippen molar-refractivity contribution in [2.75, 3.05) is 0 Å². The average molecular weight is 220 g/mol. The second kappa shape index (κ2) is 3.97. The van der Waals surface area contributed by atoms with E-state index in [9.17, 15) is 8.42 Å². The fraction of sp³-hybridized carbons (Fsp3) is 0. The van der Waals surface area contributed by atoms with Gasteiger partial charge in [0.2, 0.25) is 0 Å². The molecule has 13 heavy (non-hydrogen) atoms. The van der Waals surface area contributed by atoms with Gasteiger partial charge in [-0.3, -0.25) is 5.73 Å². The Morgan fingerprint density at radius 3 is 2.15 bits per heavy atom. The highest BCUT2D eigenvalue weighted by atomic mass is 32.2. The summed E-state index contributed by atoms with van der Waals surface area (Å²) in [6.45, 7) is 0. The van der Waals surface area contributed by atoms with Crippen molar-refractivity contribution in [3.05, 3.63) is 18.2 Å². The summed E-state index contributed by atoms with van der Waals surface area (Å²) in [4.78, 5) is -0.0339. The van der Waals surface area contributed by atoms with Crippen molar-refractivity contribution in [2.24, 2.45) is 0 Å². The molecule has 1 aromatic carbocycles. The van der Waals surface area contributed by atoms with Crippen molar-refractivity contribution >= 4 is 27.8 Å². The zero-order valence-corrected chi connectivity index (χ0v) is 7.89. The van der Waals surface area contributed by atoms with Crippen molar-refractivity contribution in [3.8, 4) is 0 Å². The van der Waals surface area contributed by atoms with Gasteiger partial charge in [0.15, 0.2) is 22.2 Å². The molecule has 5 nitrogen and oxygen atoms in total. The van der Waals surface area contributed by atoms with E-state index < -0.39 is 22.2 Å². The van der Waals surface area contributed by atoms with E-state index in [1.54, 1.807) is 0 Å². The molecule has 1 radical (unpaired) electrons. The second-order valence-corrected chi connectivity index (χ2v) is 4.06. The molecule has 0 saturated carbocycles. The second-order valence-electron chi connectivity index (χ2n) is 2.16. The summed E-state index contributed by atoms with van der Waals surface area (Å²) in [7, 11) is 0. The van der Waals surface area contributed by atoms with Crippen LogP contribution in [0.1, 0.15) is 0 Å². The number of rotatable bonds is 2. The monoisotopic (exact) mass is 220 g/mol. The molecule has 1 rings (SSSR count). The summed E-state index contributed by atoms with van der Waals surface area (Å²) in [5, 5.41) is 0. The van der Waals surface area contributed by atoms with Crippen LogP contribution in [0.4, 0.5) is 5.69 Å². The molecule has 1 aromatic rings. The van der Waals surface area contributed by atoms with Gasteiger partial charge in [-0.25, -0.2) is 8.42 Å². The standard InChI is InChI=1S/C6H6NO4S2/c7-5-3-4(12(8)9)1-2-6(5)13(10)11/h1-3,7H,(H,8,9)(H,10,11). The van der Waals surface area contributed by atoms with Gasteiger partial charge in [-0.05, 0) is 18.2 Å². The van der Waals surface area contributed by atoms with Gasteiger partial charge >= 0.3 is 0 Å². The summed E-state index contributed by atoms with van der Waals surface area (Å²) in [5.74, 6) is 0. The van der Waals surface area contributed by atoms with Gasteiger partial charge in [0.1, 0.15) is 0 Å². The first-order valence-corrected chi connectivity index (χ1v) is 5.31. The topological polar surface area (TPSA) is 98.4 Å². The lowest BCUT2D eigenvalue weighted by atomic mass is 10.3. The maximum absolute atomic E-state index is 10.6. The summed E-state index contributed by atoms with van der Waals surface area (Å²) < 4.78 is 38.4. The van der Waals surface area contributed by atoms with E-state index in [1.165, 1.54) is 12.1 Å². The third-order valence-corrected chi connectivity index (χ3v) is 2.73. The van der Waals surface area contributed by atoms with Crippen LogP contribution in [0.5, 0.6) is 0 Å². The molecule has 7 heteroatoms. The Morgan fingerprint density at radius 1 is 1.15 bits per heavy atom. The zero-order valence-electron chi connectivity index (χ0n) is 6.26. The molecular formula is C6H6NO4S2. The van der Waals surface area contributed by atoms with E-state index in [0.717, 1.165) is 6.07 Å². The Balaban J connectivity index is 3.20. The van der Waals surface area contributed by atoms with Crippen LogP contribution in [0.2, 0.25) is 0 Å². The van der Waals surface area contributed by atoms with Gasteiger partial charge in [-0.1, -0.05) is 0 Å². The summed E-state index contributed by atoms with van der Waals surface area (Å²) in [6.07, 6.45) is 0. The zero-order chi connectivity index (χ0) is 10.0.